The van der Waals surface area contributed by atoms with Crippen molar-refractivity contribution in [1.82, 2.24) is 15.3 Å². The molecule has 10 heteroatoms. The topological polar surface area (TPSA) is 126 Å². The van der Waals surface area contributed by atoms with E-state index in [1.54, 1.807) is 31.2 Å². The highest BCUT2D eigenvalue weighted by atomic mass is 16.5. The summed E-state index contributed by atoms with van der Waals surface area (Å²) < 4.78 is 11.0. The number of benzene rings is 1. The van der Waals surface area contributed by atoms with E-state index in [2.05, 4.69) is 20.6 Å². The Morgan fingerprint density at radius 1 is 1.17 bits per heavy atom. The van der Waals surface area contributed by atoms with Crippen LogP contribution in [0.4, 0.5) is 16.3 Å². The molecule has 30 heavy (non-hydrogen) atoms. The third kappa shape index (κ3) is 4.95. The van der Waals surface area contributed by atoms with Gasteiger partial charge in [0, 0.05) is 30.9 Å². The Morgan fingerprint density at radius 3 is 2.47 bits per heavy atom. The quantitative estimate of drug-likeness (QED) is 0.628. The maximum absolute atomic E-state index is 11.9. The number of aromatic carboxylic acids is 1. The number of aromatic nitrogens is 2. The molecule has 2 aromatic rings. The van der Waals surface area contributed by atoms with Crippen molar-refractivity contribution in [2.24, 2.45) is 0 Å². The summed E-state index contributed by atoms with van der Waals surface area (Å²) in [5, 5.41) is 15.1. The molecule has 0 atom stereocenters. The first-order chi connectivity index (χ1) is 14.5. The molecule has 0 aliphatic carbocycles. The van der Waals surface area contributed by atoms with E-state index in [0.29, 0.717) is 56.5 Å². The molecule has 1 aliphatic rings. The zero-order valence-electron chi connectivity index (χ0n) is 17.0. The molecule has 2 heterocycles. The van der Waals surface area contributed by atoms with Crippen LogP contribution in [0.5, 0.6) is 5.75 Å². The molecule has 3 N–H and O–H groups in total. The van der Waals surface area contributed by atoms with Crippen LogP contribution < -0.4 is 20.3 Å². The molecule has 1 aliphatic heterocycles. The molecule has 0 unspecified atom stereocenters. The average Bonchev–Trinajstić information content (AvgIpc) is 2.75. The highest BCUT2D eigenvalue weighted by Crippen LogP contribution is 2.33. The Labute approximate surface area is 174 Å². The summed E-state index contributed by atoms with van der Waals surface area (Å²) in [6.45, 7) is 6.62. The van der Waals surface area contributed by atoms with Gasteiger partial charge in [0.1, 0.15) is 0 Å². The second-order valence-corrected chi connectivity index (χ2v) is 6.45. The van der Waals surface area contributed by atoms with Crippen LogP contribution >= 0.6 is 0 Å². The van der Waals surface area contributed by atoms with Gasteiger partial charge in [-0.2, -0.15) is 0 Å². The Kier molecular flexibility index (Phi) is 7.02. The Hall–Kier alpha value is -3.40. The molecule has 1 saturated heterocycles. The number of carbonyl (C=O) groups excluding carboxylic acids is 1. The van der Waals surface area contributed by atoms with Crippen molar-refractivity contribution in [2.45, 2.75) is 13.8 Å². The van der Waals surface area contributed by atoms with E-state index >= 15 is 0 Å². The highest BCUT2D eigenvalue weighted by molar-refractivity contribution is 5.92. The van der Waals surface area contributed by atoms with E-state index in [0.717, 1.165) is 0 Å². The van der Waals surface area contributed by atoms with E-state index in [-0.39, 0.29) is 23.3 Å². The van der Waals surface area contributed by atoms with E-state index in [1.807, 2.05) is 11.8 Å². The molecule has 160 valence electrons. The van der Waals surface area contributed by atoms with Crippen LogP contribution in [-0.4, -0.2) is 66.5 Å². The maximum atomic E-state index is 11.9. The van der Waals surface area contributed by atoms with E-state index in [9.17, 15) is 14.7 Å². The first-order valence-corrected chi connectivity index (χ1v) is 9.79. The third-order valence-corrected chi connectivity index (χ3v) is 4.39. The summed E-state index contributed by atoms with van der Waals surface area (Å²) in [5.74, 6) is -0.328. The summed E-state index contributed by atoms with van der Waals surface area (Å²) in [7, 11) is 0. The highest BCUT2D eigenvalue weighted by Gasteiger charge is 2.26. The largest absolute Gasteiger partial charge is 0.488 e. The Bertz CT molecular complexity index is 897. The lowest BCUT2D eigenvalue weighted by atomic mass is 10.2. The van der Waals surface area contributed by atoms with Crippen LogP contribution in [0.15, 0.2) is 24.3 Å². The normalized spacial score (nSPS) is 13.6. The summed E-state index contributed by atoms with van der Waals surface area (Å²) in [6.07, 6.45) is 0. The number of carboxylic acids is 1. The number of ether oxygens (including phenoxy) is 2. The number of urea groups is 1. The molecule has 0 spiro atoms. The molecule has 2 amide bonds. The van der Waals surface area contributed by atoms with Gasteiger partial charge in [0.15, 0.2) is 23.1 Å². The standard InChI is InChI=1S/C20H25N5O5/c1-3-21-20(28)22-14-7-5-13(6-8-14)17-23-15(19(26)27)16(30-4-2)18(24-17)25-9-11-29-12-10-25/h5-8H,3-4,9-12H2,1-2H3,(H,26,27)(H2,21,22,28). The van der Waals surface area contributed by atoms with Crippen molar-refractivity contribution in [1.29, 1.82) is 0 Å². The number of carboxylic acid groups (broad SMARTS) is 1. The molecule has 3 rings (SSSR count). The smallest absolute Gasteiger partial charge is 0.358 e. The Balaban J connectivity index is 1.98. The first-order valence-electron chi connectivity index (χ1n) is 9.79. The van der Waals surface area contributed by atoms with Gasteiger partial charge in [-0.15, -0.1) is 0 Å². The molecule has 0 radical (unpaired) electrons. The number of nitrogens with zero attached hydrogens (tertiary/aromatic N) is 3. The van der Waals surface area contributed by atoms with Gasteiger partial charge in [-0.25, -0.2) is 19.6 Å². The van der Waals surface area contributed by atoms with Crippen LogP contribution in [0.3, 0.4) is 0 Å². The molecule has 1 aromatic heterocycles. The minimum atomic E-state index is -1.19. The van der Waals surface area contributed by atoms with E-state index < -0.39 is 5.97 Å². The lowest BCUT2D eigenvalue weighted by Gasteiger charge is -2.29. The number of anilines is 2. The molecule has 1 fully saturated rings. The SMILES string of the molecule is CCNC(=O)Nc1ccc(-c2nc(C(=O)O)c(OCC)c(N3CCOCC3)n2)cc1. The zero-order chi connectivity index (χ0) is 21.5. The van der Waals surface area contributed by atoms with Crippen LogP contribution in [0.25, 0.3) is 11.4 Å². The number of amides is 2. The molecular formula is C20H25N5O5. The predicted molar refractivity (Wildman–Crippen MR) is 111 cm³/mol. The number of carbonyl (C=O) groups is 2. The van der Waals surface area contributed by atoms with Crippen molar-refractivity contribution in [2.75, 3.05) is 49.7 Å². The van der Waals surface area contributed by atoms with Gasteiger partial charge in [-0.3, -0.25) is 0 Å². The van der Waals surface area contributed by atoms with Crippen LogP contribution in [0.2, 0.25) is 0 Å². The lowest BCUT2D eigenvalue weighted by molar-refractivity contribution is 0.0685. The fourth-order valence-electron chi connectivity index (χ4n) is 3.02. The minimum Gasteiger partial charge on any atom is -0.488 e. The van der Waals surface area contributed by atoms with Gasteiger partial charge in [-0.1, -0.05) is 0 Å². The minimum absolute atomic E-state index is 0.158. The average molecular weight is 415 g/mol. The predicted octanol–water partition coefficient (Wildman–Crippen LogP) is 2.22. The fourth-order valence-corrected chi connectivity index (χ4v) is 3.02. The van der Waals surface area contributed by atoms with Crippen molar-refractivity contribution in [3.8, 4) is 17.1 Å². The Morgan fingerprint density at radius 2 is 1.87 bits per heavy atom. The number of morpholine rings is 1. The monoisotopic (exact) mass is 415 g/mol. The van der Waals surface area contributed by atoms with Crippen LogP contribution in [0.1, 0.15) is 24.3 Å². The van der Waals surface area contributed by atoms with Crippen molar-refractivity contribution < 1.29 is 24.2 Å². The van der Waals surface area contributed by atoms with Crippen molar-refractivity contribution in [3.63, 3.8) is 0 Å². The van der Waals surface area contributed by atoms with Crippen LogP contribution in [0, 0.1) is 0 Å². The van der Waals surface area contributed by atoms with Crippen molar-refractivity contribution >= 4 is 23.5 Å². The van der Waals surface area contributed by atoms with Crippen LogP contribution in [-0.2, 0) is 4.74 Å². The molecule has 1 aromatic carbocycles. The van der Waals surface area contributed by atoms with Gasteiger partial charge < -0.3 is 30.1 Å². The van der Waals surface area contributed by atoms with E-state index in [1.165, 1.54) is 0 Å². The fraction of sp³-hybridized carbons (Fsp3) is 0.400. The van der Waals surface area contributed by atoms with Gasteiger partial charge in [0.05, 0.1) is 19.8 Å². The molecule has 0 bridgehead atoms. The zero-order valence-corrected chi connectivity index (χ0v) is 17.0. The maximum Gasteiger partial charge on any atom is 0.358 e. The van der Waals surface area contributed by atoms with Crippen molar-refractivity contribution in [3.05, 3.63) is 30.0 Å². The summed E-state index contributed by atoms with van der Waals surface area (Å²) in [6, 6.07) is 6.57. The second-order valence-electron chi connectivity index (χ2n) is 6.45. The summed E-state index contributed by atoms with van der Waals surface area (Å²) in [4.78, 5) is 34.4. The number of hydrogen-bond donors (Lipinski definition) is 3. The van der Waals surface area contributed by atoms with Gasteiger partial charge in [0.25, 0.3) is 0 Å². The first kappa shape index (κ1) is 21.3. The number of nitrogens with one attached hydrogen (secondary N) is 2. The van der Waals surface area contributed by atoms with Gasteiger partial charge in [0.2, 0.25) is 0 Å². The molecular weight excluding hydrogens is 390 g/mol. The third-order valence-electron chi connectivity index (χ3n) is 4.39. The van der Waals surface area contributed by atoms with Gasteiger partial charge >= 0.3 is 12.0 Å². The lowest BCUT2D eigenvalue weighted by Crippen LogP contribution is -2.37. The number of rotatable bonds is 7. The second kappa shape index (κ2) is 9.88. The summed E-state index contributed by atoms with van der Waals surface area (Å²) in [5.41, 5.74) is 1.03. The summed E-state index contributed by atoms with van der Waals surface area (Å²) >= 11 is 0. The molecule has 0 saturated carbocycles. The number of hydrogen-bond acceptors (Lipinski definition) is 7. The van der Waals surface area contributed by atoms with E-state index in [4.69, 9.17) is 9.47 Å². The van der Waals surface area contributed by atoms with Gasteiger partial charge in [-0.05, 0) is 38.1 Å². The molecule has 10 nitrogen and oxygen atoms in total.